The van der Waals surface area contributed by atoms with Gasteiger partial charge >= 0.3 is 0 Å². The van der Waals surface area contributed by atoms with E-state index in [1.807, 2.05) is 36.6 Å². The monoisotopic (exact) mass is 287 g/mol. The Labute approximate surface area is 122 Å². The van der Waals surface area contributed by atoms with Gasteiger partial charge in [-0.1, -0.05) is 12.1 Å². The van der Waals surface area contributed by atoms with Gasteiger partial charge in [-0.15, -0.1) is 0 Å². The van der Waals surface area contributed by atoms with Gasteiger partial charge in [-0.2, -0.15) is 0 Å². The first-order chi connectivity index (χ1) is 10.1. The average Bonchev–Trinajstić information content (AvgIpc) is 2.50. The van der Waals surface area contributed by atoms with Crippen molar-refractivity contribution in [3.63, 3.8) is 0 Å². The van der Waals surface area contributed by atoms with Crippen molar-refractivity contribution in [3.05, 3.63) is 52.3 Å². The Balaban J connectivity index is 2.59. The topological polar surface area (TPSA) is 86.3 Å². The van der Waals surface area contributed by atoms with Gasteiger partial charge in [0, 0.05) is 12.6 Å². The Hall–Kier alpha value is -2.60. The number of amides is 1. The molecule has 6 heteroatoms. The van der Waals surface area contributed by atoms with Crippen molar-refractivity contribution in [1.29, 1.82) is 0 Å². The fourth-order valence-electron chi connectivity index (χ4n) is 2.12. The van der Waals surface area contributed by atoms with Crippen LogP contribution in [-0.4, -0.2) is 17.1 Å². The van der Waals surface area contributed by atoms with Crippen molar-refractivity contribution < 1.29 is 9.53 Å². The lowest BCUT2D eigenvalue weighted by atomic mass is 10.1. The molecule has 0 spiro atoms. The first kappa shape index (κ1) is 14.8. The van der Waals surface area contributed by atoms with Gasteiger partial charge in [0.1, 0.15) is 11.3 Å². The molecule has 0 unspecified atom stereocenters. The molecule has 0 saturated heterocycles. The lowest BCUT2D eigenvalue weighted by Crippen LogP contribution is -2.36. The van der Waals surface area contributed by atoms with Crippen LogP contribution in [0.5, 0.6) is 5.75 Å². The minimum absolute atomic E-state index is 0.00218. The molecule has 1 aromatic heterocycles. The molecule has 110 valence electrons. The highest BCUT2D eigenvalue weighted by Gasteiger charge is 2.15. The summed E-state index contributed by atoms with van der Waals surface area (Å²) < 4.78 is 6.98. The van der Waals surface area contributed by atoms with E-state index in [1.165, 1.54) is 10.6 Å². The van der Waals surface area contributed by atoms with Gasteiger partial charge in [-0.3, -0.25) is 15.0 Å². The summed E-state index contributed by atoms with van der Waals surface area (Å²) in [7, 11) is 1.60. The van der Waals surface area contributed by atoms with Crippen LogP contribution in [-0.2, 0) is 7.05 Å². The quantitative estimate of drug-likeness (QED) is 0.500. The van der Waals surface area contributed by atoms with Crippen LogP contribution >= 0.6 is 0 Å². The molecule has 0 aliphatic rings. The molecule has 0 aliphatic heterocycles. The Morgan fingerprint density at radius 3 is 2.67 bits per heavy atom. The first-order valence-corrected chi connectivity index (χ1v) is 6.53. The van der Waals surface area contributed by atoms with Crippen molar-refractivity contribution in [2.45, 2.75) is 6.92 Å². The summed E-state index contributed by atoms with van der Waals surface area (Å²) in [6, 6.07) is 10.6. The number of nitrogens with one attached hydrogen (secondary N) is 1. The summed E-state index contributed by atoms with van der Waals surface area (Å²) in [6.45, 7) is 2.42. The number of pyridine rings is 1. The second-order valence-corrected chi connectivity index (χ2v) is 4.40. The second-order valence-electron chi connectivity index (χ2n) is 4.40. The van der Waals surface area contributed by atoms with E-state index in [0.29, 0.717) is 18.1 Å². The van der Waals surface area contributed by atoms with Gasteiger partial charge < -0.3 is 9.30 Å². The van der Waals surface area contributed by atoms with E-state index in [9.17, 15) is 9.59 Å². The number of carbonyl (C=O) groups excluding carboxylic acids is 1. The first-order valence-electron chi connectivity index (χ1n) is 6.53. The fraction of sp³-hybridized carbons (Fsp3) is 0.200. The van der Waals surface area contributed by atoms with Crippen LogP contribution in [0.3, 0.4) is 0 Å². The molecule has 0 aliphatic carbocycles. The molecule has 1 heterocycles. The van der Waals surface area contributed by atoms with Gasteiger partial charge in [-0.05, 0) is 31.2 Å². The number of hydrogen-bond acceptors (Lipinski definition) is 4. The molecular weight excluding hydrogens is 270 g/mol. The van der Waals surface area contributed by atoms with E-state index >= 15 is 0 Å². The van der Waals surface area contributed by atoms with E-state index in [1.54, 1.807) is 13.1 Å². The van der Waals surface area contributed by atoms with E-state index in [-0.39, 0.29) is 5.56 Å². The number of aromatic nitrogens is 1. The largest absolute Gasteiger partial charge is 0.493 e. The van der Waals surface area contributed by atoms with Gasteiger partial charge in [0.2, 0.25) is 0 Å². The van der Waals surface area contributed by atoms with E-state index in [0.717, 1.165) is 5.56 Å². The summed E-state index contributed by atoms with van der Waals surface area (Å²) in [5.41, 5.74) is 3.00. The molecule has 2 rings (SSSR count). The predicted molar refractivity (Wildman–Crippen MR) is 79.9 cm³/mol. The number of nitrogens with zero attached hydrogens (tertiary/aromatic N) is 1. The Bertz CT molecular complexity index is 722. The van der Waals surface area contributed by atoms with Crippen LogP contribution < -0.4 is 21.6 Å². The SMILES string of the molecule is CCOc1ccccc1-c1ccc(C(=O)NN)c(=O)n1C. The van der Waals surface area contributed by atoms with Crippen LogP contribution in [0.25, 0.3) is 11.3 Å². The molecule has 0 fully saturated rings. The molecule has 3 N–H and O–H groups in total. The number of rotatable bonds is 4. The Morgan fingerprint density at radius 1 is 1.29 bits per heavy atom. The molecule has 0 saturated carbocycles. The molecule has 1 aromatic carbocycles. The predicted octanol–water partition coefficient (Wildman–Crippen LogP) is 1.05. The number of nitrogen functional groups attached to an aromatic ring is 1. The van der Waals surface area contributed by atoms with Crippen LogP contribution in [0.2, 0.25) is 0 Å². The zero-order valence-corrected chi connectivity index (χ0v) is 11.9. The van der Waals surface area contributed by atoms with Crippen LogP contribution in [0.15, 0.2) is 41.2 Å². The number of ether oxygens (including phenoxy) is 1. The standard InChI is InChI=1S/C15H17N3O3/c1-3-21-13-7-5-4-6-10(13)12-9-8-11(14(19)17-16)15(20)18(12)2/h4-9H,3,16H2,1-2H3,(H,17,19). The average molecular weight is 287 g/mol. The maximum atomic E-state index is 12.2. The molecule has 2 aromatic rings. The highest BCUT2D eigenvalue weighted by atomic mass is 16.5. The number of carbonyl (C=O) groups is 1. The molecule has 0 atom stereocenters. The number of hydrogen-bond donors (Lipinski definition) is 2. The maximum Gasteiger partial charge on any atom is 0.270 e. The van der Waals surface area contributed by atoms with Crippen LogP contribution in [0, 0.1) is 0 Å². The highest BCUT2D eigenvalue weighted by Crippen LogP contribution is 2.28. The van der Waals surface area contributed by atoms with E-state index in [2.05, 4.69) is 0 Å². The summed E-state index contributed by atoms with van der Waals surface area (Å²) in [5.74, 6) is 5.14. The maximum absolute atomic E-state index is 12.2. The van der Waals surface area contributed by atoms with Gasteiger partial charge in [0.05, 0.1) is 12.3 Å². The molecule has 0 bridgehead atoms. The van der Waals surface area contributed by atoms with Gasteiger partial charge in [0.15, 0.2) is 0 Å². The Kier molecular flexibility index (Phi) is 4.39. The number of nitrogens with two attached hydrogens (primary N) is 1. The number of para-hydroxylation sites is 1. The summed E-state index contributed by atoms with van der Waals surface area (Å²) in [4.78, 5) is 23.8. The third-order valence-corrected chi connectivity index (χ3v) is 3.14. The molecule has 6 nitrogen and oxygen atoms in total. The second kappa shape index (κ2) is 6.23. The van der Waals surface area contributed by atoms with E-state index < -0.39 is 11.5 Å². The lowest BCUT2D eigenvalue weighted by Gasteiger charge is -2.14. The normalized spacial score (nSPS) is 10.2. The summed E-state index contributed by atoms with van der Waals surface area (Å²) in [5, 5.41) is 0. The summed E-state index contributed by atoms with van der Waals surface area (Å²) in [6.07, 6.45) is 0. The van der Waals surface area contributed by atoms with E-state index in [4.69, 9.17) is 10.6 Å². The van der Waals surface area contributed by atoms with Crippen molar-refractivity contribution in [2.75, 3.05) is 6.61 Å². The van der Waals surface area contributed by atoms with Gasteiger partial charge in [0.25, 0.3) is 11.5 Å². The van der Waals surface area contributed by atoms with Crippen molar-refractivity contribution in [1.82, 2.24) is 9.99 Å². The van der Waals surface area contributed by atoms with Crippen LogP contribution in [0.4, 0.5) is 0 Å². The molecule has 0 radical (unpaired) electrons. The number of hydrazine groups is 1. The smallest absolute Gasteiger partial charge is 0.270 e. The highest BCUT2D eigenvalue weighted by molar-refractivity contribution is 5.93. The van der Waals surface area contributed by atoms with Crippen molar-refractivity contribution >= 4 is 5.91 Å². The summed E-state index contributed by atoms with van der Waals surface area (Å²) >= 11 is 0. The minimum atomic E-state index is -0.611. The minimum Gasteiger partial charge on any atom is -0.493 e. The van der Waals surface area contributed by atoms with Crippen molar-refractivity contribution in [3.8, 4) is 17.0 Å². The molecular formula is C15H17N3O3. The fourth-order valence-corrected chi connectivity index (χ4v) is 2.12. The molecule has 21 heavy (non-hydrogen) atoms. The number of benzene rings is 1. The molecule has 1 amide bonds. The zero-order chi connectivity index (χ0) is 15.4. The third kappa shape index (κ3) is 2.80. The van der Waals surface area contributed by atoms with Crippen LogP contribution in [0.1, 0.15) is 17.3 Å². The Morgan fingerprint density at radius 2 is 2.00 bits per heavy atom. The van der Waals surface area contributed by atoms with Gasteiger partial charge in [-0.25, -0.2) is 5.84 Å². The zero-order valence-electron chi connectivity index (χ0n) is 11.9. The third-order valence-electron chi connectivity index (χ3n) is 3.14. The van der Waals surface area contributed by atoms with Crippen molar-refractivity contribution in [2.24, 2.45) is 12.9 Å². The lowest BCUT2D eigenvalue weighted by molar-refractivity contribution is 0.0951.